The van der Waals surface area contributed by atoms with Gasteiger partial charge in [-0.05, 0) is 55.9 Å². The number of hydrogen-bond acceptors (Lipinski definition) is 5. The van der Waals surface area contributed by atoms with E-state index in [0.717, 1.165) is 29.2 Å². The Bertz CT molecular complexity index is 913. The van der Waals surface area contributed by atoms with E-state index in [0.29, 0.717) is 13.2 Å². The van der Waals surface area contributed by atoms with Crippen LogP contribution in [0.5, 0.6) is 17.2 Å². The number of ether oxygens (including phenoxy) is 3. The minimum atomic E-state index is -0.212. The van der Waals surface area contributed by atoms with Crippen LogP contribution in [-0.4, -0.2) is 37.6 Å². The number of carbonyl (C=O) groups is 1. The molecule has 5 heteroatoms. The maximum atomic E-state index is 11.7. The molecular weight excluding hydrogens is 390 g/mol. The van der Waals surface area contributed by atoms with Gasteiger partial charge in [0, 0.05) is 13.0 Å². The Morgan fingerprint density at radius 3 is 2.06 bits per heavy atom. The Balaban J connectivity index is 1.62. The molecule has 0 spiro atoms. The lowest BCUT2D eigenvalue weighted by Gasteiger charge is -2.23. The second-order valence-corrected chi connectivity index (χ2v) is 7.24. The third kappa shape index (κ3) is 7.46. The normalized spacial score (nSPS) is 11.7. The van der Waals surface area contributed by atoms with Crippen LogP contribution in [0.2, 0.25) is 0 Å². The second-order valence-electron chi connectivity index (χ2n) is 7.24. The summed E-state index contributed by atoms with van der Waals surface area (Å²) in [4.78, 5) is 13.7. The Morgan fingerprint density at radius 1 is 0.839 bits per heavy atom. The van der Waals surface area contributed by atoms with Gasteiger partial charge >= 0.3 is 5.97 Å². The average molecular weight is 420 g/mol. The zero-order valence-corrected chi connectivity index (χ0v) is 18.1. The fourth-order valence-electron chi connectivity index (χ4n) is 3.18. The van der Waals surface area contributed by atoms with Gasteiger partial charge in [0.05, 0.1) is 13.2 Å². The predicted molar refractivity (Wildman–Crippen MR) is 122 cm³/mol. The van der Waals surface area contributed by atoms with E-state index in [4.69, 9.17) is 14.2 Å². The van der Waals surface area contributed by atoms with E-state index < -0.39 is 0 Å². The standard InChI is InChI=1S/C26H29NO4/c1-3-29-26(28)20-27(2)19-18-25(21-10-6-4-7-11-21)31-24-16-14-23(15-17-24)30-22-12-8-5-9-13-22/h4-17,25H,3,18-20H2,1-2H3. The van der Waals surface area contributed by atoms with Crippen molar-refractivity contribution in [1.82, 2.24) is 4.90 Å². The highest BCUT2D eigenvalue weighted by Gasteiger charge is 2.16. The molecule has 0 heterocycles. The Hall–Kier alpha value is -3.31. The number of esters is 1. The van der Waals surface area contributed by atoms with Gasteiger partial charge in [-0.3, -0.25) is 9.69 Å². The zero-order valence-electron chi connectivity index (χ0n) is 18.1. The van der Waals surface area contributed by atoms with Crippen LogP contribution in [0.15, 0.2) is 84.9 Å². The van der Waals surface area contributed by atoms with E-state index in [2.05, 4.69) is 12.1 Å². The van der Waals surface area contributed by atoms with Crippen LogP contribution in [0.4, 0.5) is 0 Å². The number of carbonyl (C=O) groups excluding carboxylic acids is 1. The van der Waals surface area contributed by atoms with Gasteiger partial charge in [-0.15, -0.1) is 0 Å². The average Bonchev–Trinajstić information content (AvgIpc) is 2.79. The van der Waals surface area contributed by atoms with Crippen LogP contribution in [0.25, 0.3) is 0 Å². The quantitative estimate of drug-likeness (QED) is 0.385. The fourth-order valence-corrected chi connectivity index (χ4v) is 3.18. The summed E-state index contributed by atoms with van der Waals surface area (Å²) >= 11 is 0. The van der Waals surface area contributed by atoms with E-state index >= 15 is 0 Å². The molecule has 0 aromatic heterocycles. The third-order valence-corrected chi connectivity index (χ3v) is 4.73. The first kappa shape index (κ1) is 22.4. The molecule has 0 saturated heterocycles. The lowest BCUT2D eigenvalue weighted by Crippen LogP contribution is -2.29. The Kier molecular flexibility index (Phi) is 8.49. The van der Waals surface area contributed by atoms with Crippen molar-refractivity contribution in [3.05, 3.63) is 90.5 Å². The molecule has 0 bridgehead atoms. The van der Waals surface area contributed by atoms with Gasteiger partial charge < -0.3 is 14.2 Å². The SMILES string of the molecule is CCOC(=O)CN(C)CCC(Oc1ccc(Oc2ccccc2)cc1)c1ccccc1. The van der Waals surface area contributed by atoms with Crippen LogP contribution in [-0.2, 0) is 9.53 Å². The van der Waals surface area contributed by atoms with Crippen molar-refractivity contribution in [2.45, 2.75) is 19.4 Å². The summed E-state index contributed by atoms with van der Waals surface area (Å²) in [5, 5.41) is 0. The molecule has 5 nitrogen and oxygen atoms in total. The summed E-state index contributed by atoms with van der Waals surface area (Å²) in [6.45, 7) is 3.17. The van der Waals surface area contributed by atoms with Gasteiger partial charge in [-0.2, -0.15) is 0 Å². The lowest BCUT2D eigenvalue weighted by molar-refractivity contribution is -0.144. The van der Waals surface area contributed by atoms with Crippen LogP contribution in [0.1, 0.15) is 25.0 Å². The Labute approximate surface area is 184 Å². The van der Waals surface area contributed by atoms with Crippen molar-refractivity contribution in [1.29, 1.82) is 0 Å². The first-order valence-electron chi connectivity index (χ1n) is 10.5. The molecule has 0 saturated carbocycles. The predicted octanol–water partition coefficient (Wildman–Crippen LogP) is 5.48. The number of nitrogens with zero attached hydrogens (tertiary/aromatic N) is 1. The highest BCUT2D eigenvalue weighted by Crippen LogP contribution is 2.28. The molecule has 0 aliphatic rings. The molecule has 0 N–H and O–H groups in total. The first-order chi connectivity index (χ1) is 15.1. The van der Waals surface area contributed by atoms with Crippen molar-refractivity contribution in [2.75, 3.05) is 26.7 Å². The summed E-state index contributed by atoms with van der Waals surface area (Å²) in [7, 11) is 1.91. The van der Waals surface area contributed by atoms with Crippen LogP contribution in [0, 0.1) is 0 Å². The molecule has 1 unspecified atom stereocenters. The van der Waals surface area contributed by atoms with Gasteiger partial charge in [0.15, 0.2) is 0 Å². The number of benzene rings is 3. The van der Waals surface area contributed by atoms with Crippen molar-refractivity contribution in [2.24, 2.45) is 0 Å². The maximum absolute atomic E-state index is 11.7. The Morgan fingerprint density at radius 2 is 1.42 bits per heavy atom. The highest BCUT2D eigenvalue weighted by atomic mass is 16.5. The van der Waals surface area contributed by atoms with E-state index in [1.807, 2.05) is 91.7 Å². The first-order valence-corrected chi connectivity index (χ1v) is 10.5. The van der Waals surface area contributed by atoms with Crippen molar-refractivity contribution >= 4 is 5.97 Å². The third-order valence-electron chi connectivity index (χ3n) is 4.73. The molecule has 0 amide bonds. The van der Waals surface area contributed by atoms with Crippen LogP contribution < -0.4 is 9.47 Å². The van der Waals surface area contributed by atoms with E-state index in [9.17, 15) is 4.79 Å². The molecule has 0 aliphatic heterocycles. The van der Waals surface area contributed by atoms with E-state index in [1.165, 1.54) is 0 Å². The number of hydrogen-bond donors (Lipinski definition) is 0. The molecule has 0 fully saturated rings. The highest BCUT2D eigenvalue weighted by molar-refractivity contribution is 5.71. The zero-order chi connectivity index (χ0) is 21.9. The summed E-state index contributed by atoms with van der Waals surface area (Å²) in [6.07, 6.45) is 0.606. The largest absolute Gasteiger partial charge is 0.486 e. The van der Waals surface area contributed by atoms with Gasteiger partial charge in [0.2, 0.25) is 0 Å². The van der Waals surface area contributed by atoms with Gasteiger partial charge in [-0.1, -0.05) is 48.5 Å². The molecule has 162 valence electrons. The summed E-state index contributed by atoms with van der Waals surface area (Å²) in [5.74, 6) is 2.10. The molecule has 0 radical (unpaired) electrons. The number of rotatable bonds is 11. The summed E-state index contributed by atoms with van der Waals surface area (Å²) in [6, 6.07) is 27.4. The fraction of sp³-hybridized carbons (Fsp3) is 0.269. The van der Waals surface area contributed by atoms with Crippen LogP contribution in [0.3, 0.4) is 0 Å². The molecule has 1 atom stereocenters. The number of likely N-dealkylation sites (N-methyl/N-ethyl adjacent to an activating group) is 1. The van der Waals surface area contributed by atoms with E-state index in [-0.39, 0.29) is 18.6 Å². The van der Waals surface area contributed by atoms with E-state index in [1.54, 1.807) is 0 Å². The smallest absolute Gasteiger partial charge is 0.320 e. The molecule has 3 aromatic rings. The van der Waals surface area contributed by atoms with Gasteiger partial charge in [-0.25, -0.2) is 0 Å². The summed E-state index contributed by atoms with van der Waals surface area (Å²) in [5.41, 5.74) is 1.09. The molecule has 31 heavy (non-hydrogen) atoms. The van der Waals surface area contributed by atoms with Crippen molar-refractivity contribution < 1.29 is 19.0 Å². The van der Waals surface area contributed by atoms with Crippen molar-refractivity contribution in [3.8, 4) is 17.2 Å². The second kappa shape index (κ2) is 11.8. The van der Waals surface area contributed by atoms with Crippen molar-refractivity contribution in [3.63, 3.8) is 0 Å². The molecular formula is C26H29NO4. The van der Waals surface area contributed by atoms with Crippen LogP contribution >= 0.6 is 0 Å². The minimum absolute atomic E-state index is 0.133. The van der Waals surface area contributed by atoms with Gasteiger partial charge in [0.25, 0.3) is 0 Å². The molecule has 3 aromatic carbocycles. The minimum Gasteiger partial charge on any atom is -0.486 e. The van der Waals surface area contributed by atoms with Gasteiger partial charge in [0.1, 0.15) is 23.4 Å². The number of para-hydroxylation sites is 1. The molecule has 3 rings (SSSR count). The topological polar surface area (TPSA) is 48.0 Å². The maximum Gasteiger partial charge on any atom is 0.320 e. The monoisotopic (exact) mass is 419 g/mol. The lowest BCUT2D eigenvalue weighted by atomic mass is 10.1. The summed E-state index contributed by atoms with van der Waals surface area (Å²) < 4.78 is 17.2. The molecule has 0 aliphatic carbocycles.